The third-order valence-electron chi connectivity index (χ3n) is 11.2. The van der Waals surface area contributed by atoms with Gasteiger partial charge in [0, 0.05) is 52.8 Å². The Morgan fingerprint density at radius 3 is 1.63 bits per heavy atom. The number of aromatic nitrogens is 5. The van der Waals surface area contributed by atoms with Gasteiger partial charge in [-0.1, -0.05) is 146 Å². The van der Waals surface area contributed by atoms with E-state index in [4.69, 9.17) is 15.0 Å². The first-order chi connectivity index (χ1) is 28.3. The van der Waals surface area contributed by atoms with Crippen molar-refractivity contribution < 1.29 is 0 Å². The summed E-state index contributed by atoms with van der Waals surface area (Å²) >= 11 is 1.79. The molecule has 0 atom stereocenters. The van der Waals surface area contributed by atoms with Gasteiger partial charge >= 0.3 is 0 Å². The summed E-state index contributed by atoms with van der Waals surface area (Å²) in [5.74, 6) is 1.85. The summed E-state index contributed by atoms with van der Waals surface area (Å²) in [6.07, 6.45) is 0. The minimum Gasteiger partial charge on any atom is -0.309 e. The van der Waals surface area contributed by atoms with Crippen molar-refractivity contribution in [2.45, 2.75) is 0 Å². The first-order valence-corrected chi connectivity index (χ1v) is 19.9. The molecule has 0 aliphatic heterocycles. The standard InChI is InChI=1S/C51H31N5S/c1-3-15-32(16-4-1)34-29-30-38-37-21-9-12-26-43(37)56(45(38)31-34)51-53-49(33-17-5-2-6-18-33)52-50(54-51)40-23-13-22-39-47-44(27-14-28-46(47)57-48(39)40)55-41-24-10-7-19-35(41)36-20-8-11-25-42(36)55/h1-31H. The summed E-state index contributed by atoms with van der Waals surface area (Å²) in [5.41, 5.74) is 9.85. The molecule has 0 aliphatic carbocycles. The second kappa shape index (κ2) is 12.6. The largest absolute Gasteiger partial charge is 0.309 e. The normalized spacial score (nSPS) is 11.9. The monoisotopic (exact) mass is 745 g/mol. The summed E-state index contributed by atoms with van der Waals surface area (Å²) < 4.78 is 6.99. The van der Waals surface area contributed by atoms with Gasteiger partial charge < -0.3 is 4.57 Å². The van der Waals surface area contributed by atoms with Gasteiger partial charge in [0.25, 0.3) is 0 Å². The number of rotatable bonds is 5. The zero-order chi connectivity index (χ0) is 37.5. The minimum absolute atomic E-state index is 0.583. The van der Waals surface area contributed by atoms with E-state index in [1.165, 1.54) is 37.3 Å². The van der Waals surface area contributed by atoms with E-state index in [1.54, 1.807) is 11.3 Å². The third kappa shape index (κ3) is 4.91. The topological polar surface area (TPSA) is 48.5 Å². The van der Waals surface area contributed by atoms with Crippen LogP contribution in [0.3, 0.4) is 0 Å². The Hall–Kier alpha value is -7.41. The van der Waals surface area contributed by atoms with Gasteiger partial charge in [0.2, 0.25) is 5.95 Å². The number of benzene rings is 8. The molecule has 12 aromatic rings. The molecule has 12 rings (SSSR count). The van der Waals surface area contributed by atoms with Crippen molar-refractivity contribution in [3.05, 3.63) is 188 Å². The van der Waals surface area contributed by atoms with E-state index in [2.05, 4.69) is 179 Å². The molecular weight excluding hydrogens is 715 g/mol. The molecule has 4 heterocycles. The van der Waals surface area contributed by atoms with Gasteiger partial charge in [0.1, 0.15) is 0 Å². The SMILES string of the molecule is c1ccc(-c2ccc3c4ccccc4n(-c4nc(-c5ccccc5)nc(-c5cccc6c5sc5cccc(-n7c8ccccc8c8ccccc87)c56)n4)c3c2)cc1. The van der Waals surface area contributed by atoms with Crippen molar-refractivity contribution in [2.75, 3.05) is 0 Å². The number of fused-ring (bicyclic) bond motifs is 9. The van der Waals surface area contributed by atoms with Crippen molar-refractivity contribution in [3.63, 3.8) is 0 Å². The molecule has 0 bridgehead atoms. The number of thiophene rings is 1. The number of nitrogens with zero attached hydrogens (tertiary/aromatic N) is 5. The van der Waals surface area contributed by atoms with Crippen molar-refractivity contribution in [1.29, 1.82) is 0 Å². The molecule has 266 valence electrons. The second-order valence-electron chi connectivity index (χ2n) is 14.4. The Morgan fingerprint density at radius 2 is 0.930 bits per heavy atom. The summed E-state index contributed by atoms with van der Waals surface area (Å²) in [7, 11) is 0. The van der Waals surface area contributed by atoms with Crippen LogP contribution in [-0.4, -0.2) is 24.1 Å². The van der Waals surface area contributed by atoms with Crippen LogP contribution in [0.2, 0.25) is 0 Å². The van der Waals surface area contributed by atoms with Gasteiger partial charge in [-0.15, -0.1) is 11.3 Å². The molecule has 0 aliphatic rings. The summed E-state index contributed by atoms with van der Waals surface area (Å²) in [5, 5.41) is 7.20. The van der Waals surface area contributed by atoms with E-state index >= 15 is 0 Å². The van der Waals surface area contributed by atoms with Crippen molar-refractivity contribution in [1.82, 2.24) is 24.1 Å². The highest BCUT2D eigenvalue weighted by atomic mass is 32.1. The minimum atomic E-state index is 0.583. The van der Waals surface area contributed by atoms with Crippen LogP contribution < -0.4 is 0 Å². The van der Waals surface area contributed by atoms with E-state index in [-0.39, 0.29) is 0 Å². The number of para-hydroxylation sites is 3. The van der Waals surface area contributed by atoms with E-state index in [0.717, 1.165) is 54.4 Å². The molecule has 57 heavy (non-hydrogen) atoms. The number of hydrogen-bond acceptors (Lipinski definition) is 4. The quantitative estimate of drug-likeness (QED) is 0.176. The predicted octanol–water partition coefficient (Wildman–Crippen LogP) is 13.4. The maximum absolute atomic E-state index is 5.39. The Bertz CT molecular complexity index is 3470. The van der Waals surface area contributed by atoms with E-state index < -0.39 is 0 Å². The lowest BCUT2D eigenvalue weighted by Crippen LogP contribution is -2.06. The molecular formula is C51H31N5S. The lowest BCUT2D eigenvalue weighted by molar-refractivity contribution is 0.954. The van der Waals surface area contributed by atoms with Crippen LogP contribution in [0.5, 0.6) is 0 Å². The van der Waals surface area contributed by atoms with Crippen LogP contribution in [0, 0.1) is 0 Å². The molecule has 6 heteroatoms. The van der Waals surface area contributed by atoms with E-state index in [0.29, 0.717) is 17.6 Å². The third-order valence-corrected chi connectivity index (χ3v) is 12.4. The summed E-state index contributed by atoms with van der Waals surface area (Å²) in [6.45, 7) is 0. The van der Waals surface area contributed by atoms with Crippen LogP contribution in [0.1, 0.15) is 0 Å². The maximum Gasteiger partial charge on any atom is 0.238 e. The van der Waals surface area contributed by atoms with Crippen LogP contribution in [-0.2, 0) is 0 Å². The van der Waals surface area contributed by atoms with Gasteiger partial charge in [0.15, 0.2) is 11.6 Å². The maximum atomic E-state index is 5.39. The van der Waals surface area contributed by atoms with Gasteiger partial charge in [-0.2, -0.15) is 9.97 Å². The highest BCUT2D eigenvalue weighted by Crippen LogP contribution is 2.44. The van der Waals surface area contributed by atoms with Gasteiger partial charge in [-0.3, -0.25) is 4.57 Å². The molecule has 0 radical (unpaired) electrons. The van der Waals surface area contributed by atoms with E-state index in [1.807, 2.05) is 18.2 Å². The van der Waals surface area contributed by atoms with Gasteiger partial charge in [0.05, 0.1) is 27.8 Å². The predicted molar refractivity (Wildman–Crippen MR) is 238 cm³/mol. The van der Waals surface area contributed by atoms with Crippen LogP contribution in [0.4, 0.5) is 0 Å². The first kappa shape index (κ1) is 31.9. The molecule has 0 N–H and O–H groups in total. The van der Waals surface area contributed by atoms with Crippen LogP contribution in [0.25, 0.3) is 109 Å². The summed E-state index contributed by atoms with van der Waals surface area (Å²) in [4.78, 5) is 15.9. The molecule has 0 unspecified atom stereocenters. The molecule has 0 saturated heterocycles. The second-order valence-corrected chi connectivity index (χ2v) is 15.5. The zero-order valence-electron chi connectivity index (χ0n) is 30.5. The Balaban J connectivity index is 1.13. The van der Waals surface area contributed by atoms with Crippen molar-refractivity contribution >= 4 is 75.1 Å². The Labute approximate surface area is 331 Å². The smallest absolute Gasteiger partial charge is 0.238 e. The fraction of sp³-hybridized carbons (Fsp3) is 0. The summed E-state index contributed by atoms with van der Waals surface area (Å²) in [6, 6.07) is 66.6. The zero-order valence-corrected chi connectivity index (χ0v) is 31.4. The Morgan fingerprint density at radius 1 is 0.368 bits per heavy atom. The fourth-order valence-electron chi connectivity index (χ4n) is 8.67. The average Bonchev–Trinajstić information content (AvgIpc) is 3.94. The van der Waals surface area contributed by atoms with Crippen LogP contribution >= 0.6 is 11.3 Å². The van der Waals surface area contributed by atoms with Crippen molar-refractivity contribution in [3.8, 4) is 45.5 Å². The Kier molecular flexibility index (Phi) is 7.03. The van der Waals surface area contributed by atoms with E-state index in [9.17, 15) is 0 Å². The molecule has 5 nitrogen and oxygen atoms in total. The highest BCUT2D eigenvalue weighted by molar-refractivity contribution is 7.26. The molecule has 8 aromatic carbocycles. The van der Waals surface area contributed by atoms with Crippen molar-refractivity contribution in [2.24, 2.45) is 0 Å². The molecule has 4 aromatic heterocycles. The lowest BCUT2D eigenvalue weighted by atomic mass is 10.0. The molecule has 0 amide bonds. The van der Waals surface area contributed by atoms with Crippen LogP contribution in [0.15, 0.2) is 188 Å². The fourth-order valence-corrected chi connectivity index (χ4v) is 9.90. The first-order valence-electron chi connectivity index (χ1n) is 19.1. The molecule has 0 saturated carbocycles. The highest BCUT2D eigenvalue weighted by Gasteiger charge is 2.22. The molecule has 0 fully saturated rings. The molecule has 0 spiro atoms. The lowest BCUT2D eigenvalue weighted by Gasteiger charge is -2.12. The average molecular weight is 746 g/mol. The van der Waals surface area contributed by atoms with Gasteiger partial charge in [-0.25, -0.2) is 4.98 Å². The number of hydrogen-bond donors (Lipinski definition) is 0. The van der Waals surface area contributed by atoms with Gasteiger partial charge in [-0.05, 0) is 53.6 Å².